The summed E-state index contributed by atoms with van der Waals surface area (Å²) in [5.74, 6) is 0.0638. The molecule has 19 heavy (non-hydrogen) atoms. The van der Waals surface area contributed by atoms with Gasteiger partial charge in [-0.1, -0.05) is 24.3 Å². The molecule has 4 nitrogen and oxygen atoms in total. The Balaban J connectivity index is 1.96. The van der Waals surface area contributed by atoms with E-state index in [1.807, 2.05) is 30.3 Å². The van der Waals surface area contributed by atoms with Crippen LogP contribution in [0.5, 0.6) is 0 Å². The molecule has 0 N–H and O–H groups in total. The van der Waals surface area contributed by atoms with Crippen LogP contribution >= 0.6 is 0 Å². The van der Waals surface area contributed by atoms with Crippen molar-refractivity contribution in [2.45, 2.75) is 13.0 Å². The monoisotopic (exact) mass is 249 g/mol. The van der Waals surface area contributed by atoms with Gasteiger partial charge in [0.2, 0.25) is 5.91 Å². The van der Waals surface area contributed by atoms with Crippen LogP contribution in [0.2, 0.25) is 0 Å². The lowest BCUT2D eigenvalue weighted by Gasteiger charge is -2.17. The van der Waals surface area contributed by atoms with E-state index < -0.39 is 0 Å². The zero-order chi connectivity index (χ0) is 13.2. The molecule has 0 saturated heterocycles. The van der Waals surface area contributed by atoms with Gasteiger partial charge in [0.15, 0.2) is 0 Å². The first kappa shape index (κ1) is 11.4. The van der Waals surface area contributed by atoms with Crippen LogP contribution in [0.15, 0.2) is 42.6 Å². The zero-order valence-corrected chi connectivity index (χ0v) is 10.2. The first-order chi connectivity index (χ1) is 9.29. The molecule has 3 rings (SSSR count). The number of anilines is 1. The summed E-state index contributed by atoms with van der Waals surface area (Å²) in [6.07, 6.45) is 2.01. The molecule has 92 valence electrons. The number of nitrogens with zero attached hydrogens (tertiary/aromatic N) is 3. The topological polar surface area (TPSA) is 57.0 Å². The van der Waals surface area contributed by atoms with Crippen LogP contribution in [0, 0.1) is 11.3 Å². The molecular formula is C15H11N3O. The van der Waals surface area contributed by atoms with E-state index >= 15 is 0 Å². The summed E-state index contributed by atoms with van der Waals surface area (Å²) in [5, 5.41) is 9.04. The van der Waals surface area contributed by atoms with Gasteiger partial charge in [-0.3, -0.25) is 4.79 Å². The quantitative estimate of drug-likeness (QED) is 0.818. The summed E-state index contributed by atoms with van der Waals surface area (Å²) in [4.78, 5) is 17.8. The van der Waals surface area contributed by atoms with Crippen LogP contribution in [0.1, 0.15) is 16.8 Å². The number of nitriles is 1. The van der Waals surface area contributed by atoms with Gasteiger partial charge in [0.25, 0.3) is 0 Å². The maximum Gasteiger partial charge on any atom is 0.231 e. The molecule has 1 aliphatic heterocycles. The van der Waals surface area contributed by atoms with E-state index in [0.717, 1.165) is 16.8 Å². The molecule has 2 aromatic rings. The third kappa shape index (κ3) is 1.95. The van der Waals surface area contributed by atoms with E-state index in [1.54, 1.807) is 17.2 Å². The summed E-state index contributed by atoms with van der Waals surface area (Å²) >= 11 is 0. The lowest BCUT2D eigenvalue weighted by molar-refractivity contribution is -0.117. The smallest absolute Gasteiger partial charge is 0.231 e. The molecule has 0 atom stereocenters. The first-order valence-electron chi connectivity index (χ1n) is 6.02. The maximum atomic E-state index is 12.1. The standard InChI is InChI=1S/C15H11N3O/c16-9-13-12(5-3-7-17-13)10-18-14-6-2-1-4-11(14)8-15(18)19/h1-7H,8,10H2. The molecule has 1 aromatic heterocycles. The predicted molar refractivity (Wildman–Crippen MR) is 70.3 cm³/mol. The Hall–Kier alpha value is -2.67. The molecule has 0 radical (unpaired) electrons. The average molecular weight is 249 g/mol. The molecule has 1 amide bonds. The SMILES string of the molecule is N#Cc1ncccc1CN1C(=O)Cc2ccccc21. The number of pyridine rings is 1. The highest BCUT2D eigenvalue weighted by atomic mass is 16.2. The van der Waals surface area contributed by atoms with Crippen LogP contribution in [0.4, 0.5) is 5.69 Å². The largest absolute Gasteiger partial charge is 0.307 e. The molecule has 0 aliphatic carbocycles. The number of amides is 1. The van der Waals surface area contributed by atoms with Crippen molar-refractivity contribution in [2.75, 3.05) is 4.90 Å². The summed E-state index contributed by atoms with van der Waals surface area (Å²) < 4.78 is 0. The number of carbonyl (C=O) groups excluding carboxylic acids is 1. The lowest BCUT2D eigenvalue weighted by atomic mass is 10.1. The molecule has 0 spiro atoms. The second-order valence-electron chi connectivity index (χ2n) is 4.41. The second kappa shape index (κ2) is 4.54. The van der Waals surface area contributed by atoms with E-state index in [4.69, 9.17) is 5.26 Å². The Morgan fingerprint density at radius 1 is 1.26 bits per heavy atom. The number of fused-ring (bicyclic) bond motifs is 1. The Morgan fingerprint density at radius 2 is 2.11 bits per heavy atom. The van der Waals surface area contributed by atoms with Crippen molar-refractivity contribution >= 4 is 11.6 Å². The fourth-order valence-electron chi connectivity index (χ4n) is 2.33. The summed E-state index contributed by atoms with van der Waals surface area (Å²) in [6, 6.07) is 13.4. The van der Waals surface area contributed by atoms with Crippen molar-refractivity contribution in [1.29, 1.82) is 5.26 Å². The summed E-state index contributed by atoms with van der Waals surface area (Å²) in [5.41, 5.74) is 3.12. The average Bonchev–Trinajstić information content (AvgIpc) is 2.76. The fraction of sp³-hybridized carbons (Fsp3) is 0.133. The minimum atomic E-state index is 0.0638. The van der Waals surface area contributed by atoms with Crippen LogP contribution in [-0.4, -0.2) is 10.9 Å². The van der Waals surface area contributed by atoms with Crippen molar-refractivity contribution < 1.29 is 4.79 Å². The van der Waals surface area contributed by atoms with Crippen molar-refractivity contribution in [2.24, 2.45) is 0 Å². The highest BCUT2D eigenvalue weighted by Gasteiger charge is 2.27. The van der Waals surface area contributed by atoms with Gasteiger partial charge in [-0.15, -0.1) is 0 Å². The Morgan fingerprint density at radius 3 is 2.95 bits per heavy atom. The van der Waals surface area contributed by atoms with Crippen LogP contribution in [0.3, 0.4) is 0 Å². The normalized spacial score (nSPS) is 13.2. The number of carbonyl (C=O) groups is 1. The summed E-state index contributed by atoms with van der Waals surface area (Å²) in [6.45, 7) is 0.395. The Labute approximate surface area is 110 Å². The van der Waals surface area contributed by atoms with Crippen molar-refractivity contribution in [3.8, 4) is 6.07 Å². The van der Waals surface area contributed by atoms with Gasteiger partial charge >= 0.3 is 0 Å². The van der Waals surface area contributed by atoms with E-state index in [0.29, 0.717) is 18.7 Å². The van der Waals surface area contributed by atoms with Crippen molar-refractivity contribution in [1.82, 2.24) is 4.98 Å². The number of benzene rings is 1. The lowest BCUT2D eigenvalue weighted by Crippen LogP contribution is -2.26. The van der Waals surface area contributed by atoms with Crippen LogP contribution in [0.25, 0.3) is 0 Å². The number of hydrogen-bond donors (Lipinski definition) is 0. The van der Waals surface area contributed by atoms with Gasteiger partial charge in [0, 0.05) is 17.4 Å². The van der Waals surface area contributed by atoms with Crippen LogP contribution < -0.4 is 4.90 Å². The molecule has 0 unspecified atom stereocenters. The van der Waals surface area contributed by atoms with Gasteiger partial charge in [0.1, 0.15) is 11.8 Å². The second-order valence-corrected chi connectivity index (χ2v) is 4.41. The van der Waals surface area contributed by atoms with E-state index in [9.17, 15) is 4.79 Å². The number of para-hydroxylation sites is 1. The predicted octanol–water partition coefficient (Wildman–Crippen LogP) is 2.04. The van der Waals surface area contributed by atoms with Gasteiger partial charge in [-0.25, -0.2) is 4.98 Å². The molecular weight excluding hydrogens is 238 g/mol. The molecule has 1 aromatic carbocycles. The molecule has 0 saturated carbocycles. The molecule has 1 aliphatic rings. The number of aromatic nitrogens is 1. The molecule has 4 heteroatoms. The molecule has 2 heterocycles. The van der Waals surface area contributed by atoms with Crippen molar-refractivity contribution in [3.05, 3.63) is 59.4 Å². The highest BCUT2D eigenvalue weighted by Crippen LogP contribution is 2.30. The van der Waals surface area contributed by atoms with Crippen molar-refractivity contribution in [3.63, 3.8) is 0 Å². The maximum absolute atomic E-state index is 12.1. The Bertz CT molecular complexity index is 688. The summed E-state index contributed by atoms with van der Waals surface area (Å²) in [7, 11) is 0. The number of hydrogen-bond acceptors (Lipinski definition) is 3. The van der Waals surface area contributed by atoms with Gasteiger partial charge in [-0.2, -0.15) is 5.26 Å². The zero-order valence-electron chi connectivity index (χ0n) is 10.2. The third-order valence-corrected chi connectivity index (χ3v) is 3.25. The van der Waals surface area contributed by atoms with Gasteiger partial charge in [-0.05, 0) is 17.7 Å². The Kier molecular flexibility index (Phi) is 2.73. The minimum absolute atomic E-state index is 0.0638. The number of rotatable bonds is 2. The third-order valence-electron chi connectivity index (χ3n) is 3.25. The first-order valence-corrected chi connectivity index (χ1v) is 6.02. The minimum Gasteiger partial charge on any atom is -0.307 e. The van der Waals surface area contributed by atoms with E-state index in [1.165, 1.54) is 0 Å². The molecule has 0 fully saturated rings. The van der Waals surface area contributed by atoms with Crippen LogP contribution in [-0.2, 0) is 17.8 Å². The van der Waals surface area contributed by atoms with E-state index in [2.05, 4.69) is 11.1 Å². The van der Waals surface area contributed by atoms with Gasteiger partial charge in [0.05, 0.1) is 13.0 Å². The highest BCUT2D eigenvalue weighted by molar-refractivity contribution is 6.01. The van der Waals surface area contributed by atoms with E-state index in [-0.39, 0.29) is 5.91 Å². The molecule has 0 bridgehead atoms. The fourth-order valence-corrected chi connectivity index (χ4v) is 2.33. The van der Waals surface area contributed by atoms with Gasteiger partial charge < -0.3 is 4.90 Å².